The first-order chi connectivity index (χ1) is 8.63. The number of hydrogen-bond donors (Lipinski definition) is 1. The lowest BCUT2D eigenvalue weighted by molar-refractivity contribution is 0.200. The summed E-state index contributed by atoms with van der Waals surface area (Å²) < 4.78 is 5.06. The summed E-state index contributed by atoms with van der Waals surface area (Å²) in [6.45, 7) is 6.01. The van der Waals surface area contributed by atoms with Crippen molar-refractivity contribution < 1.29 is 4.74 Å². The maximum Gasteiger partial charge on any atom is 0.0470 e. The third-order valence-electron chi connectivity index (χ3n) is 2.48. The van der Waals surface area contributed by atoms with Gasteiger partial charge < -0.3 is 10.1 Å². The minimum absolute atomic E-state index is 0.493. The predicted octanol–water partition coefficient (Wildman–Crippen LogP) is 3.97. The molecule has 2 nitrogen and oxygen atoms in total. The van der Waals surface area contributed by atoms with Gasteiger partial charge in [-0.2, -0.15) is 0 Å². The van der Waals surface area contributed by atoms with Crippen molar-refractivity contribution >= 4 is 23.4 Å². The molecule has 1 aromatic carbocycles. The summed E-state index contributed by atoms with van der Waals surface area (Å²) in [5.41, 5.74) is 1.32. The van der Waals surface area contributed by atoms with Crippen molar-refractivity contribution in [2.24, 2.45) is 0 Å². The number of rotatable bonds is 8. The molecule has 0 fully saturated rings. The van der Waals surface area contributed by atoms with Gasteiger partial charge in [-0.05, 0) is 24.1 Å². The maximum absolute atomic E-state index is 6.06. The van der Waals surface area contributed by atoms with Crippen molar-refractivity contribution in [1.29, 1.82) is 0 Å². The van der Waals surface area contributed by atoms with Crippen molar-refractivity contribution in [3.63, 3.8) is 0 Å². The Morgan fingerprint density at radius 1 is 1.39 bits per heavy atom. The highest BCUT2D eigenvalue weighted by atomic mass is 35.5. The lowest BCUT2D eigenvalue weighted by Gasteiger charge is -2.12. The maximum atomic E-state index is 6.06. The van der Waals surface area contributed by atoms with Gasteiger partial charge in [0.2, 0.25) is 0 Å². The second-order valence-corrected chi connectivity index (χ2v) is 6.06. The Balaban J connectivity index is 2.58. The Kier molecular flexibility index (Phi) is 7.75. The van der Waals surface area contributed by atoms with Gasteiger partial charge in [-0.3, -0.25) is 0 Å². The highest BCUT2D eigenvalue weighted by molar-refractivity contribution is 7.99. The van der Waals surface area contributed by atoms with Crippen molar-refractivity contribution in [2.45, 2.75) is 37.8 Å². The standard InChI is InChI=1S/C14H22ClNOS/c1-11(2)16-10-12-5-6-13(15)9-14(12)18-8-4-7-17-3/h5-6,9,11,16H,4,7-8,10H2,1-3H3. The Hall–Kier alpha value is -0.220. The molecule has 1 rings (SSSR count). The Morgan fingerprint density at radius 3 is 2.83 bits per heavy atom. The van der Waals surface area contributed by atoms with E-state index in [1.807, 2.05) is 17.8 Å². The molecule has 102 valence electrons. The minimum atomic E-state index is 0.493. The topological polar surface area (TPSA) is 21.3 Å². The number of hydrogen-bond acceptors (Lipinski definition) is 3. The van der Waals surface area contributed by atoms with E-state index in [-0.39, 0.29) is 0 Å². The highest BCUT2D eigenvalue weighted by Gasteiger charge is 2.05. The van der Waals surface area contributed by atoms with Gasteiger partial charge >= 0.3 is 0 Å². The number of ether oxygens (including phenoxy) is 1. The number of benzene rings is 1. The summed E-state index contributed by atoms with van der Waals surface area (Å²) in [5.74, 6) is 1.06. The molecule has 0 saturated carbocycles. The third kappa shape index (κ3) is 6.10. The molecule has 0 bridgehead atoms. The van der Waals surface area contributed by atoms with Crippen LogP contribution in [0.15, 0.2) is 23.1 Å². The molecule has 0 saturated heterocycles. The van der Waals surface area contributed by atoms with Gasteiger partial charge in [0.05, 0.1) is 0 Å². The van der Waals surface area contributed by atoms with Gasteiger partial charge in [-0.25, -0.2) is 0 Å². The first-order valence-corrected chi connectivity index (χ1v) is 7.63. The lowest BCUT2D eigenvalue weighted by atomic mass is 10.2. The van der Waals surface area contributed by atoms with Crippen LogP contribution in [-0.2, 0) is 11.3 Å². The van der Waals surface area contributed by atoms with Crippen molar-refractivity contribution in [3.05, 3.63) is 28.8 Å². The smallest absolute Gasteiger partial charge is 0.0470 e. The van der Waals surface area contributed by atoms with Gasteiger partial charge in [0, 0.05) is 42.0 Å². The average molecular weight is 288 g/mol. The van der Waals surface area contributed by atoms with Gasteiger partial charge in [0.25, 0.3) is 0 Å². The van der Waals surface area contributed by atoms with Gasteiger partial charge in [0.1, 0.15) is 0 Å². The zero-order valence-corrected chi connectivity index (χ0v) is 12.9. The molecular formula is C14H22ClNOS. The van der Waals surface area contributed by atoms with Crippen molar-refractivity contribution in [1.82, 2.24) is 5.32 Å². The number of halogens is 1. The molecule has 0 aliphatic carbocycles. The van der Waals surface area contributed by atoms with Crippen LogP contribution in [0, 0.1) is 0 Å². The summed E-state index contributed by atoms with van der Waals surface area (Å²) in [7, 11) is 1.74. The summed E-state index contributed by atoms with van der Waals surface area (Å²) >= 11 is 7.91. The Morgan fingerprint density at radius 2 is 2.17 bits per heavy atom. The van der Waals surface area contributed by atoms with Crippen LogP contribution in [0.1, 0.15) is 25.8 Å². The zero-order valence-electron chi connectivity index (χ0n) is 11.3. The molecule has 0 aliphatic heterocycles. The minimum Gasteiger partial charge on any atom is -0.385 e. The summed E-state index contributed by atoms with van der Waals surface area (Å²) in [5, 5.41) is 4.25. The second-order valence-electron chi connectivity index (χ2n) is 4.48. The molecule has 0 unspecified atom stereocenters. The fourth-order valence-corrected chi connectivity index (χ4v) is 2.76. The van der Waals surface area contributed by atoms with Gasteiger partial charge in [-0.1, -0.05) is 31.5 Å². The average Bonchev–Trinajstić information content (AvgIpc) is 2.33. The molecule has 0 aliphatic rings. The molecule has 0 heterocycles. The van der Waals surface area contributed by atoms with Crippen LogP contribution in [0.2, 0.25) is 5.02 Å². The molecular weight excluding hydrogens is 266 g/mol. The van der Waals surface area contributed by atoms with Crippen LogP contribution >= 0.6 is 23.4 Å². The fraction of sp³-hybridized carbons (Fsp3) is 0.571. The largest absolute Gasteiger partial charge is 0.385 e. The molecule has 0 spiro atoms. The molecule has 1 N–H and O–H groups in total. The number of nitrogens with one attached hydrogen (secondary N) is 1. The molecule has 18 heavy (non-hydrogen) atoms. The molecule has 0 amide bonds. The quantitative estimate of drug-likeness (QED) is 0.577. The SMILES string of the molecule is COCCCSc1cc(Cl)ccc1CNC(C)C. The number of methoxy groups -OCH3 is 1. The fourth-order valence-electron chi connectivity index (χ4n) is 1.51. The molecule has 4 heteroatoms. The van der Waals surface area contributed by atoms with E-state index in [9.17, 15) is 0 Å². The predicted molar refractivity (Wildman–Crippen MR) is 80.6 cm³/mol. The monoisotopic (exact) mass is 287 g/mol. The first kappa shape index (κ1) is 15.8. The Labute approximate surface area is 119 Å². The van der Waals surface area contributed by atoms with E-state index in [0.717, 1.165) is 30.3 Å². The van der Waals surface area contributed by atoms with Crippen molar-refractivity contribution in [3.8, 4) is 0 Å². The second kappa shape index (κ2) is 8.81. The van der Waals surface area contributed by atoms with Crippen LogP contribution in [0.5, 0.6) is 0 Å². The molecule has 0 radical (unpaired) electrons. The van der Waals surface area contributed by atoms with E-state index >= 15 is 0 Å². The van der Waals surface area contributed by atoms with Crippen LogP contribution in [0.4, 0.5) is 0 Å². The summed E-state index contributed by atoms with van der Waals surface area (Å²) in [4.78, 5) is 1.27. The Bertz CT molecular complexity index is 358. The van der Waals surface area contributed by atoms with E-state index in [4.69, 9.17) is 16.3 Å². The van der Waals surface area contributed by atoms with E-state index < -0.39 is 0 Å². The zero-order chi connectivity index (χ0) is 13.4. The molecule has 0 atom stereocenters. The van der Waals surface area contributed by atoms with Crippen LogP contribution in [0.3, 0.4) is 0 Å². The van der Waals surface area contributed by atoms with Gasteiger partial charge in [-0.15, -0.1) is 11.8 Å². The van der Waals surface area contributed by atoms with Crippen LogP contribution < -0.4 is 5.32 Å². The lowest BCUT2D eigenvalue weighted by Crippen LogP contribution is -2.22. The summed E-state index contributed by atoms with van der Waals surface area (Å²) in [6.07, 6.45) is 1.06. The van der Waals surface area contributed by atoms with E-state index in [1.54, 1.807) is 7.11 Å². The molecule has 0 aromatic heterocycles. The van der Waals surface area contributed by atoms with Crippen LogP contribution in [0.25, 0.3) is 0 Å². The first-order valence-electron chi connectivity index (χ1n) is 6.27. The summed E-state index contributed by atoms with van der Waals surface area (Å²) in [6, 6.07) is 6.61. The van der Waals surface area contributed by atoms with Crippen LogP contribution in [-0.4, -0.2) is 25.5 Å². The number of thioether (sulfide) groups is 1. The molecule has 1 aromatic rings. The van der Waals surface area contributed by atoms with E-state index in [2.05, 4.69) is 31.3 Å². The van der Waals surface area contributed by atoms with E-state index in [0.29, 0.717) is 6.04 Å². The third-order valence-corrected chi connectivity index (χ3v) is 3.90. The normalized spacial score (nSPS) is 11.2. The van der Waals surface area contributed by atoms with Crippen molar-refractivity contribution in [2.75, 3.05) is 19.5 Å². The van der Waals surface area contributed by atoms with E-state index in [1.165, 1.54) is 10.5 Å². The highest BCUT2D eigenvalue weighted by Crippen LogP contribution is 2.27. The van der Waals surface area contributed by atoms with Gasteiger partial charge in [0.15, 0.2) is 0 Å².